The number of hydrogen-bond donors (Lipinski definition) is 0. The lowest BCUT2D eigenvalue weighted by Crippen LogP contribution is -2.30. The number of imide groups is 1. The number of amides is 2. The smallest absolute Gasteiger partial charge is 0.267 e. The molecule has 0 atom stereocenters. The number of carbonyl (C=O) groups is 2. The summed E-state index contributed by atoms with van der Waals surface area (Å²) < 4.78 is 1.22. The van der Waals surface area contributed by atoms with Crippen molar-refractivity contribution in [1.82, 2.24) is 14.6 Å². The molecule has 0 spiro atoms. The number of benzene rings is 1. The van der Waals surface area contributed by atoms with Crippen molar-refractivity contribution >= 4 is 45.4 Å². The van der Waals surface area contributed by atoms with Crippen LogP contribution in [0.25, 0.3) is 4.96 Å². The van der Waals surface area contributed by atoms with Gasteiger partial charge in [0.05, 0.1) is 5.69 Å². The molecule has 0 aliphatic carbocycles. The fraction of sp³-hybridized carbons (Fsp3) is 0. The molecule has 0 saturated heterocycles. The number of anilines is 1. The SMILES string of the molecule is O=C1c2sc3nc(=O)cnn3c2C(=O)N1c1ccc(Cl)cc1. The standard InChI is InChI=1S/C13H5ClN4O3S/c14-6-1-3-7(4-2-6)17-11(20)9-10(12(17)21)22-13-16-8(19)5-15-18(9)13/h1-5H. The van der Waals surface area contributed by atoms with Crippen molar-refractivity contribution in [2.75, 3.05) is 4.90 Å². The molecule has 9 heteroatoms. The van der Waals surface area contributed by atoms with Crippen molar-refractivity contribution < 1.29 is 9.59 Å². The number of nitrogens with zero attached hydrogens (tertiary/aromatic N) is 4. The largest absolute Gasteiger partial charge is 0.292 e. The number of hydrogen-bond acceptors (Lipinski definition) is 6. The highest BCUT2D eigenvalue weighted by molar-refractivity contribution is 7.19. The Balaban J connectivity index is 1.90. The average molecular weight is 333 g/mol. The fourth-order valence-corrected chi connectivity index (χ4v) is 3.36. The zero-order valence-electron chi connectivity index (χ0n) is 10.7. The van der Waals surface area contributed by atoms with E-state index in [4.69, 9.17) is 11.6 Å². The van der Waals surface area contributed by atoms with Gasteiger partial charge in [0.25, 0.3) is 17.4 Å². The third kappa shape index (κ3) is 1.71. The highest BCUT2D eigenvalue weighted by Crippen LogP contribution is 2.33. The summed E-state index contributed by atoms with van der Waals surface area (Å²) in [5, 5.41) is 4.38. The van der Waals surface area contributed by atoms with Gasteiger partial charge in [-0.3, -0.25) is 14.4 Å². The summed E-state index contributed by atoms with van der Waals surface area (Å²) in [6, 6.07) is 6.36. The maximum absolute atomic E-state index is 12.6. The summed E-state index contributed by atoms with van der Waals surface area (Å²) in [6.45, 7) is 0. The molecule has 0 unspecified atom stereocenters. The molecule has 3 heterocycles. The van der Waals surface area contributed by atoms with E-state index < -0.39 is 17.4 Å². The zero-order chi connectivity index (χ0) is 15.4. The summed E-state index contributed by atoms with van der Waals surface area (Å²) in [5.74, 6) is -0.974. The van der Waals surface area contributed by atoms with Gasteiger partial charge in [-0.15, -0.1) is 0 Å². The Kier molecular flexibility index (Phi) is 2.65. The van der Waals surface area contributed by atoms with Crippen LogP contribution in [0.4, 0.5) is 5.69 Å². The lowest BCUT2D eigenvalue weighted by atomic mass is 10.3. The lowest BCUT2D eigenvalue weighted by molar-refractivity contribution is 0.0924. The highest BCUT2D eigenvalue weighted by atomic mass is 35.5. The third-order valence-electron chi connectivity index (χ3n) is 3.18. The van der Waals surface area contributed by atoms with E-state index in [-0.39, 0.29) is 15.5 Å². The van der Waals surface area contributed by atoms with E-state index in [9.17, 15) is 14.4 Å². The van der Waals surface area contributed by atoms with Crippen LogP contribution in [0.2, 0.25) is 5.02 Å². The Morgan fingerprint density at radius 2 is 1.77 bits per heavy atom. The molecular formula is C13H5ClN4O3S. The van der Waals surface area contributed by atoms with E-state index in [1.165, 1.54) is 4.52 Å². The van der Waals surface area contributed by atoms with Gasteiger partial charge < -0.3 is 0 Å². The maximum atomic E-state index is 12.6. The van der Waals surface area contributed by atoms with E-state index in [0.29, 0.717) is 10.7 Å². The van der Waals surface area contributed by atoms with Gasteiger partial charge in [-0.25, -0.2) is 4.90 Å². The number of halogens is 1. The Morgan fingerprint density at radius 3 is 2.50 bits per heavy atom. The van der Waals surface area contributed by atoms with Crippen molar-refractivity contribution in [3.63, 3.8) is 0 Å². The molecule has 0 bridgehead atoms. The number of thiazole rings is 1. The molecule has 22 heavy (non-hydrogen) atoms. The molecule has 2 amide bonds. The van der Waals surface area contributed by atoms with E-state index in [1.807, 2.05) is 0 Å². The first kappa shape index (κ1) is 13.1. The minimum absolute atomic E-state index is 0.118. The van der Waals surface area contributed by atoms with Gasteiger partial charge in [0.2, 0.25) is 4.96 Å². The van der Waals surface area contributed by atoms with Gasteiger partial charge in [-0.05, 0) is 24.3 Å². The van der Waals surface area contributed by atoms with Crippen molar-refractivity contribution in [3.05, 3.63) is 56.4 Å². The van der Waals surface area contributed by atoms with E-state index in [0.717, 1.165) is 22.4 Å². The topological polar surface area (TPSA) is 84.6 Å². The molecule has 7 nitrogen and oxygen atoms in total. The van der Waals surface area contributed by atoms with Gasteiger partial charge in [0.15, 0.2) is 5.69 Å². The van der Waals surface area contributed by atoms with Crippen LogP contribution in [0, 0.1) is 0 Å². The minimum atomic E-state index is -0.519. The first-order valence-corrected chi connectivity index (χ1v) is 7.29. The second kappa shape index (κ2) is 4.46. The molecule has 108 valence electrons. The third-order valence-corrected chi connectivity index (χ3v) is 4.45. The van der Waals surface area contributed by atoms with Crippen LogP contribution in [0.5, 0.6) is 0 Å². The van der Waals surface area contributed by atoms with Crippen molar-refractivity contribution in [2.45, 2.75) is 0 Å². The number of rotatable bonds is 1. The van der Waals surface area contributed by atoms with Crippen molar-refractivity contribution in [1.29, 1.82) is 0 Å². The summed E-state index contributed by atoms with van der Waals surface area (Å²) in [7, 11) is 0. The first-order valence-electron chi connectivity index (χ1n) is 6.09. The predicted octanol–water partition coefficient (Wildman–Crippen LogP) is 1.60. The molecule has 0 radical (unpaired) electrons. The number of carbonyl (C=O) groups excluding carboxylic acids is 2. The molecule has 4 rings (SSSR count). The molecular weight excluding hydrogens is 328 g/mol. The fourth-order valence-electron chi connectivity index (χ4n) is 2.24. The molecule has 0 saturated carbocycles. The van der Waals surface area contributed by atoms with Crippen LogP contribution in [0.15, 0.2) is 35.3 Å². The second-order valence-electron chi connectivity index (χ2n) is 4.49. The zero-order valence-corrected chi connectivity index (χ0v) is 12.3. The Labute approximate surface area is 131 Å². The number of fused-ring (bicyclic) bond motifs is 3. The summed E-state index contributed by atoms with van der Waals surface area (Å²) in [5.41, 5.74) is 0.0202. The molecule has 0 N–H and O–H groups in total. The first-order chi connectivity index (χ1) is 10.6. The van der Waals surface area contributed by atoms with Crippen LogP contribution in [-0.2, 0) is 0 Å². The van der Waals surface area contributed by atoms with Gasteiger partial charge in [-0.1, -0.05) is 22.9 Å². The Hall–Kier alpha value is -2.58. The molecule has 1 aliphatic rings. The molecule has 1 aliphatic heterocycles. The molecule has 0 fully saturated rings. The van der Waals surface area contributed by atoms with E-state index in [2.05, 4.69) is 10.1 Å². The second-order valence-corrected chi connectivity index (χ2v) is 5.90. The van der Waals surface area contributed by atoms with Gasteiger partial charge >= 0.3 is 0 Å². The van der Waals surface area contributed by atoms with Crippen LogP contribution >= 0.6 is 22.9 Å². The quantitative estimate of drug-likeness (QED) is 0.632. The maximum Gasteiger partial charge on any atom is 0.292 e. The lowest BCUT2D eigenvalue weighted by Gasteiger charge is -2.13. The predicted molar refractivity (Wildman–Crippen MR) is 79.7 cm³/mol. The van der Waals surface area contributed by atoms with Crippen LogP contribution in [-0.4, -0.2) is 26.4 Å². The average Bonchev–Trinajstić information content (AvgIpc) is 2.97. The molecule has 1 aromatic carbocycles. The van der Waals surface area contributed by atoms with E-state index in [1.54, 1.807) is 24.3 Å². The van der Waals surface area contributed by atoms with Crippen LogP contribution in [0.1, 0.15) is 20.2 Å². The van der Waals surface area contributed by atoms with Crippen LogP contribution < -0.4 is 10.5 Å². The minimum Gasteiger partial charge on any atom is -0.267 e. The summed E-state index contributed by atoms with van der Waals surface area (Å²) >= 11 is 6.78. The molecule has 3 aromatic rings. The number of aromatic nitrogens is 3. The van der Waals surface area contributed by atoms with E-state index >= 15 is 0 Å². The van der Waals surface area contributed by atoms with Crippen molar-refractivity contribution in [3.8, 4) is 0 Å². The highest BCUT2D eigenvalue weighted by Gasteiger charge is 2.41. The van der Waals surface area contributed by atoms with Crippen molar-refractivity contribution in [2.24, 2.45) is 0 Å². The van der Waals surface area contributed by atoms with Gasteiger partial charge in [0.1, 0.15) is 11.1 Å². The Morgan fingerprint density at radius 1 is 1.05 bits per heavy atom. The molecule has 2 aromatic heterocycles. The van der Waals surface area contributed by atoms with Crippen LogP contribution in [0.3, 0.4) is 0 Å². The normalized spacial score (nSPS) is 14.0. The summed E-state index contributed by atoms with van der Waals surface area (Å²) in [6.07, 6.45) is 1.00. The Bertz CT molecular complexity index is 1010. The van der Waals surface area contributed by atoms with Gasteiger partial charge in [0, 0.05) is 5.02 Å². The monoisotopic (exact) mass is 332 g/mol. The van der Waals surface area contributed by atoms with Gasteiger partial charge in [-0.2, -0.15) is 14.6 Å². The summed E-state index contributed by atoms with van der Waals surface area (Å²) in [4.78, 5) is 41.5.